The van der Waals surface area contributed by atoms with Crippen molar-refractivity contribution in [2.75, 3.05) is 6.54 Å². The second-order valence-corrected chi connectivity index (χ2v) is 7.37. The quantitative estimate of drug-likeness (QED) is 0.842. The number of carboxylic acid groups (broad SMARTS) is 1. The molecule has 0 aromatic heterocycles. The predicted molar refractivity (Wildman–Crippen MR) is 80.4 cm³/mol. The highest BCUT2D eigenvalue weighted by Gasteiger charge is 2.28. The van der Waals surface area contributed by atoms with Crippen LogP contribution in [-0.2, 0) is 10.0 Å². The number of carboxylic acids is 1. The molecular weight excluding hydrogens is 346 g/mol. The molecule has 0 bridgehead atoms. The van der Waals surface area contributed by atoms with Gasteiger partial charge in [0.05, 0.1) is 10.5 Å². The molecule has 0 saturated carbocycles. The number of nitrogens with zero attached hydrogens (tertiary/aromatic N) is 1. The average Bonchev–Trinajstić information content (AvgIpc) is 2.35. The van der Waals surface area contributed by atoms with Crippen LogP contribution in [-0.4, -0.2) is 36.4 Å². The first kappa shape index (κ1) is 17.1. The predicted octanol–water partition coefficient (Wildman–Crippen LogP) is 2.96. The maximum absolute atomic E-state index is 12.7. The summed E-state index contributed by atoms with van der Waals surface area (Å²) in [4.78, 5) is 11.0. The van der Waals surface area contributed by atoms with E-state index in [-0.39, 0.29) is 16.5 Å². The summed E-state index contributed by atoms with van der Waals surface area (Å²) in [5.41, 5.74) is -0.0491. The molecule has 0 spiro atoms. The topological polar surface area (TPSA) is 74.7 Å². The minimum absolute atomic E-state index is 0.0143. The van der Waals surface area contributed by atoms with Crippen molar-refractivity contribution < 1.29 is 18.3 Å². The van der Waals surface area contributed by atoms with Gasteiger partial charge in [-0.05, 0) is 54.4 Å². The maximum atomic E-state index is 12.7. The molecule has 0 atom stereocenters. The van der Waals surface area contributed by atoms with Crippen LogP contribution >= 0.6 is 15.9 Å². The Bertz CT molecular complexity index is 598. The summed E-state index contributed by atoms with van der Waals surface area (Å²) in [6, 6.07) is 3.80. The van der Waals surface area contributed by atoms with Crippen molar-refractivity contribution in [1.29, 1.82) is 0 Å². The Morgan fingerprint density at radius 3 is 2.45 bits per heavy atom. The van der Waals surface area contributed by atoms with Crippen LogP contribution in [0.1, 0.15) is 37.6 Å². The lowest BCUT2D eigenvalue weighted by Crippen LogP contribution is -2.37. The molecule has 0 aliphatic rings. The summed E-state index contributed by atoms with van der Waals surface area (Å²) in [7, 11) is -3.73. The van der Waals surface area contributed by atoms with Crippen LogP contribution in [0.15, 0.2) is 27.6 Å². The van der Waals surface area contributed by atoms with E-state index < -0.39 is 16.0 Å². The van der Waals surface area contributed by atoms with Gasteiger partial charge in [0.15, 0.2) is 0 Å². The molecule has 1 aromatic carbocycles. The minimum Gasteiger partial charge on any atom is -0.478 e. The van der Waals surface area contributed by atoms with Gasteiger partial charge in [0.1, 0.15) is 0 Å². The second-order valence-electron chi connectivity index (χ2n) is 4.66. The summed E-state index contributed by atoms with van der Waals surface area (Å²) in [5.74, 6) is -1.15. The van der Waals surface area contributed by atoms with E-state index in [1.54, 1.807) is 13.8 Å². The Balaban J connectivity index is 3.40. The summed E-state index contributed by atoms with van der Waals surface area (Å²) in [6.45, 7) is 5.88. The summed E-state index contributed by atoms with van der Waals surface area (Å²) >= 11 is 3.19. The van der Waals surface area contributed by atoms with Gasteiger partial charge in [-0.2, -0.15) is 4.31 Å². The van der Waals surface area contributed by atoms with Gasteiger partial charge in [0.25, 0.3) is 0 Å². The Kier molecular flexibility index (Phi) is 5.73. The highest BCUT2D eigenvalue weighted by Crippen LogP contribution is 2.27. The Morgan fingerprint density at radius 1 is 1.40 bits per heavy atom. The molecule has 0 saturated heterocycles. The van der Waals surface area contributed by atoms with E-state index in [2.05, 4.69) is 15.9 Å². The largest absolute Gasteiger partial charge is 0.478 e. The van der Waals surface area contributed by atoms with Crippen LogP contribution < -0.4 is 0 Å². The third kappa shape index (κ3) is 3.59. The molecular formula is C13H18BrNO4S. The first-order valence-corrected chi connectivity index (χ1v) is 8.49. The Morgan fingerprint density at radius 2 is 2.00 bits per heavy atom. The number of sulfonamides is 1. The van der Waals surface area contributed by atoms with Gasteiger partial charge in [-0.1, -0.05) is 6.92 Å². The van der Waals surface area contributed by atoms with E-state index in [0.29, 0.717) is 17.4 Å². The van der Waals surface area contributed by atoms with Crippen molar-refractivity contribution in [3.05, 3.63) is 28.2 Å². The molecule has 5 nitrogen and oxygen atoms in total. The van der Waals surface area contributed by atoms with Gasteiger partial charge in [0, 0.05) is 17.1 Å². The van der Waals surface area contributed by atoms with Gasteiger partial charge in [-0.25, -0.2) is 13.2 Å². The summed E-state index contributed by atoms with van der Waals surface area (Å²) < 4.78 is 27.1. The number of halogens is 1. The zero-order valence-electron chi connectivity index (χ0n) is 11.6. The van der Waals surface area contributed by atoms with E-state index in [0.717, 1.165) is 0 Å². The smallest absolute Gasteiger partial charge is 0.335 e. The lowest BCUT2D eigenvalue weighted by Gasteiger charge is -2.26. The molecule has 1 aromatic rings. The highest BCUT2D eigenvalue weighted by atomic mass is 79.9. The van der Waals surface area contributed by atoms with Crippen molar-refractivity contribution in [2.45, 2.75) is 38.1 Å². The maximum Gasteiger partial charge on any atom is 0.335 e. The number of aromatic carboxylic acids is 1. The average molecular weight is 364 g/mol. The van der Waals surface area contributed by atoms with Crippen LogP contribution in [0.2, 0.25) is 0 Å². The van der Waals surface area contributed by atoms with Gasteiger partial charge in [0.2, 0.25) is 10.0 Å². The number of benzene rings is 1. The number of rotatable bonds is 6. The fraction of sp³-hybridized carbons (Fsp3) is 0.462. The summed E-state index contributed by atoms with van der Waals surface area (Å²) in [6.07, 6.45) is 0.688. The molecule has 0 fully saturated rings. The van der Waals surface area contributed by atoms with Gasteiger partial charge >= 0.3 is 5.97 Å². The second kappa shape index (κ2) is 6.69. The minimum atomic E-state index is -3.73. The molecule has 0 radical (unpaired) electrons. The van der Waals surface area contributed by atoms with E-state index >= 15 is 0 Å². The molecule has 0 unspecified atom stereocenters. The van der Waals surface area contributed by atoms with Crippen LogP contribution in [0.25, 0.3) is 0 Å². The van der Waals surface area contributed by atoms with Gasteiger partial charge in [-0.15, -0.1) is 0 Å². The first-order valence-electron chi connectivity index (χ1n) is 6.26. The number of carbonyl (C=O) groups is 1. The molecule has 7 heteroatoms. The lowest BCUT2D eigenvalue weighted by molar-refractivity contribution is 0.0696. The van der Waals surface area contributed by atoms with Crippen LogP contribution in [0.4, 0.5) is 0 Å². The van der Waals surface area contributed by atoms with Gasteiger partial charge < -0.3 is 5.11 Å². The standard InChI is InChI=1S/C13H18BrNO4S/c1-4-7-15(9(2)3)20(18,19)12-8-10(13(16)17)5-6-11(12)14/h5-6,8-9H,4,7H2,1-3H3,(H,16,17). The SMILES string of the molecule is CCCN(C(C)C)S(=O)(=O)c1cc(C(=O)O)ccc1Br. The van der Waals surface area contributed by atoms with E-state index in [1.807, 2.05) is 6.92 Å². The normalized spacial score (nSPS) is 12.1. The van der Waals surface area contributed by atoms with E-state index in [1.165, 1.54) is 22.5 Å². The third-order valence-corrected chi connectivity index (χ3v) is 5.85. The van der Waals surface area contributed by atoms with Gasteiger partial charge in [-0.3, -0.25) is 0 Å². The van der Waals surface area contributed by atoms with Crippen molar-refractivity contribution in [2.24, 2.45) is 0 Å². The molecule has 0 amide bonds. The molecule has 112 valence electrons. The monoisotopic (exact) mass is 363 g/mol. The molecule has 1 N–H and O–H groups in total. The zero-order valence-corrected chi connectivity index (χ0v) is 14.0. The molecule has 0 aliphatic carbocycles. The van der Waals surface area contributed by atoms with E-state index in [9.17, 15) is 13.2 Å². The molecule has 1 rings (SSSR count). The zero-order chi connectivity index (χ0) is 15.5. The third-order valence-electron chi connectivity index (χ3n) is 2.78. The fourth-order valence-corrected chi connectivity index (χ4v) is 4.52. The van der Waals surface area contributed by atoms with Crippen molar-refractivity contribution in [3.63, 3.8) is 0 Å². The van der Waals surface area contributed by atoms with Crippen LogP contribution in [0, 0.1) is 0 Å². The Labute approximate surface area is 127 Å². The number of hydrogen-bond donors (Lipinski definition) is 1. The summed E-state index contributed by atoms with van der Waals surface area (Å²) in [5, 5.41) is 8.99. The highest BCUT2D eigenvalue weighted by molar-refractivity contribution is 9.10. The first-order chi connectivity index (χ1) is 9.21. The van der Waals surface area contributed by atoms with Crippen molar-refractivity contribution >= 4 is 31.9 Å². The lowest BCUT2D eigenvalue weighted by atomic mass is 10.2. The van der Waals surface area contributed by atoms with Crippen molar-refractivity contribution in [1.82, 2.24) is 4.31 Å². The van der Waals surface area contributed by atoms with E-state index in [4.69, 9.17) is 5.11 Å². The van der Waals surface area contributed by atoms with Crippen LogP contribution in [0.3, 0.4) is 0 Å². The molecule has 20 heavy (non-hydrogen) atoms. The number of hydrogen-bond acceptors (Lipinski definition) is 3. The van der Waals surface area contributed by atoms with Crippen LogP contribution in [0.5, 0.6) is 0 Å². The Hall–Kier alpha value is -0.920. The molecule has 0 aliphatic heterocycles. The fourth-order valence-electron chi connectivity index (χ4n) is 1.84. The van der Waals surface area contributed by atoms with Crippen molar-refractivity contribution in [3.8, 4) is 0 Å². The molecule has 0 heterocycles.